The van der Waals surface area contributed by atoms with Crippen molar-refractivity contribution in [3.05, 3.63) is 200 Å². The summed E-state index contributed by atoms with van der Waals surface area (Å²) in [5.74, 6) is 0. The summed E-state index contributed by atoms with van der Waals surface area (Å²) in [6, 6.07) is 58.3. The number of fused-ring (bicyclic) bond motifs is 1. The average molecular weight is 604 g/mol. The molecular formula is C46H33N. The minimum absolute atomic E-state index is 0.0819. The monoisotopic (exact) mass is 603 g/mol. The van der Waals surface area contributed by atoms with Crippen LogP contribution in [-0.2, 0) is 0 Å². The van der Waals surface area contributed by atoms with E-state index < -0.39 is 0 Å². The Morgan fingerprint density at radius 2 is 0.723 bits per heavy atom. The lowest BCUT2D eigenvalue weighted by Crippen LogP contribution is -2.09. The molecule has 0 N–H and O–H groups in total. The van der Waals surface area contributed by atoms with E-state index in [2.05, 4.69) is 66.7 Å². The molecule has 0 aliphatic rings. The van der Waals surface area contributed by atoms with Crippen molar-refractivity contribution in [1.82, 2.24) is 0 Å². The maximum absolute atomic E-state index is 9.23. The smallest absolute Gasteiger partial charge is 0.0645 e. The Balaban J connectivity index is 1.17. The maximum atomic E-state index is 9.23. The van der Waals surface area contributed by atoms with Crippen molar-refractivity contribution >= 4 is 27.8 Å². The van der Waals surface area contributed by atoms with E-state index in [9.17, 15) is 2.74 Å². The fraction of sp³-hybridized carbons (Fsp3) is 0. The van der Waals surface area contributed by atoms with E-state index in [4.69, 9.17) is 2.74 Å². The van der Waals surface area contributed by atoms with Crippen LogP contribution in [0, 0.1) is 0 Å². The zero-order chi connectivity index (χ0) is 34.9. The summed E-state index contributed by atoms with van der Waals surface area (Å²) in [5, 5.41) is 2.42. The first-order valence-corrected chi connectivity index (χ1v) is 15.8. The van der Waals surface area contributed by atoms with Gasteiger partial charge in [0.15, 0.2) is 0 Å². The highest BCUT2D eigenvalue weighted by molar-refractivity contribution is 5.88. The summed E-state index contributed by atoms with van der Waals surface area (Å²) in [5.41, 5.74) is 9.07. The highest BCUT2D eigenvalue weighted by Gasteiger charge is 2.13. The van der Waals surface area contributed by atoms with Gasteiger partial charge in [0.1, 0.15) is 0 Å². The van der Waals surface area contributed by atoms with Crippen LogP contribution in [0.2, 0.25) is 0 Å². The summed E-state index contributed by atoms with van der Waals surface area (Å²) in [7, 11) is 0. The molecule has 0 aliphatic carbocycles. The molecule has 0 bridgehead atoms. The number of nitrogens with zero attached hydrogens (tertiary/aromatic N) is 1. The van der Waals surface area contributed by atoms with Gasteiger partial charge in [0.05, 0.1) is 5.48 Å². The van der Waals surface area contributed by atoms with Gasteiger partial charge in [-0.1, -0.05) is 152 Å². The van der Waals surface area contributed by atoms with E-state index >= 15 is 0 Å². The SMILES string of the molecule is [2H]c1c([2H])c(N(c2ccccc2)c2ccc(-c3cccc(-c4ccc5ccccc5c4)c3)cc2)c([2H])c([2H])c1-c1ccc(-c2ccccc2)cc1. The van der Waals surface area contributed by atoms with Crippen LogP contribution in [0.15, 0.2) is 200 Å². The van der Waals surface area contributed by atoms with Crippen LogP contribution in [-0.4, -0.2) is 0 Å². The Bertz CT molecular complexity index is 2470. The van der Waals surface area contributed by atoms with Gasteiger partial charge >= 0.3 is 0 Å². The normalized spacial score (nSPS) is 12.2. The van der Waals surface area contributed by atoms with Gasteiger partial charge in [-0.05, 0) is 104 Å². The van der Waals surface area contributed by atoms with Gasteiger partial charge in [-0.25, -0.2) is 0 Å². The first-order chi connectivity index (χ1) is 25.0. The zero-order valence-corrected chi connectivity index (χ0v) is 25.7. The molecular weight excluding hydrogens is 567 g/mol. The molecule has 0 atom stereocenters. The van der Waals surface area contributed by atoms with Crippen LogP contribution >= 0.6 is 0 Å². The molecule has 0 amide bonds. The summed E-state index contributed by atoms with van der Waals surface area (Å²) in [6.45, 7) is 0. The largest absolute Gasteiger partial charge is 0.311 e. The van der Waals surface area contributed by atoms with Crippen LogP contribution in [0.3, 0.4) is 0 Å². The van der Waals surface area contributed by atoms with Crippen molar-refractivity contribution in [3.63, 3.8) is 0 Å². The molecule has 0 aromatic heterocycles. The predicted molar refractivity (Wildman–Crippen MR) is 200 cm³/mol. The molecule has 47 heavy (non-hydrogen) atoms. The minimum Gasteiger partial charge on any atom is -0.311 e. The van der Waals surface area contributed by atoms with Crippen molar-refractivity contribution in [1.29, 1.82) is 0 Å². The second kappa shape index (κ2) is 12.7. The van der Waals surface area contributed by atoms with Crippen LogP contribution in [0.5, 0.6) is 0 Å². The third-order valence-corrected chi connectivity index (χ3v) is 8.53. The second-order valence-electron chi connectivity index (χ2n) is 11.5. The van der Waals surface area contributed by atoms with Gasteiger partial charge in [0.2, 0.25) is 0 Å². The molecule has 8 aromatic rings. The topological polar surface area (TPSA) is 3.24 Å². The first-order valence-electron chi connectivity index (χ1n) is 17.8. The summed E-state index contributed by atoms with van der Waals surface area (Å²) < 4.78 is 36.7. The predicted octanol–water partition coefficient (Wildman–Crippen LogP) is 13.0. The van der Waals surface area contributed by atoms with Gasteiger partial charge in [-0.15, -0.1) is 0 Å². The van der Waals surface area contributed by atoms with Crippen LogP contribution < -0.4 is 4.90 Å². The molecule has 8 rings (SSSR count). The molecule has 1 heteroatoms. The standard InChI is InChI=1S/C46H33N/c1-3-10-34(11-4-1)36-18-20-37(21-19-36)38-24-28-45(29-25-38)47(44-16-5-2-6-17-44)46-30-26-39(27-31-46)41-14-9-15-42(32-41)43-23-22-35-12-7-8-13-40(35)33-43/h1-33H/i24D,25D,28D,29D. The lowest BCUT2D eigenvalue weighted by molar-refractivity contribution is 1.28. The van der Waals surface area contributed by atoms with E-state index in [1.807, 2.05) is 114 Å². The molecule has 0 saturated heterocycles. The Morgan fingerprint density at radius 1 is 0.277 bits per heavy atom. The van der Waals surface area contributed by atoms with E-state index in [-0.39, 0.29) is 35.4 Å². The Hall–Kier alpha value is -6.18. The van der Waals surface area contributed by atoms with Gasteiger partial charge in [-0.2, -0.15) is 0 Å². The Morgan fingerprint density at radius 3 is 1.43 bits per heavy atom. The molecule has 0 heterocycles. The third kappa shape index (κ3) is 5.95. The highest BCUT2D eigenvalue weighted by atomic mass is 15.1. The molecule has 8 aromatic carbocycles. The first kappa shape index (κ1) is 24.1. The van der Waals surface area contributed by atoms with Crippen molar-refractivity contribution in [2.45, 2.75) is 0 Å². The maximum Gasteiger partial charge on any atom is 0.0645 e. The third-order valence-electron chi connectivity index (χ3n) is 8.53. The molecule has 222 valence electrons. The second-order valence-corrected chi connectivity index (χ2v) is 11.5. The highest BCUT2D eigenvalue weighted by Crippen LogP contribution is 2.37. The number of hydrogen-bond donors (Lipinski definition) is 0. The molecule has 0 fully saturated rings. The number of rotatable bonds is 7. The van der Waals surface area contributed by atoms with Gasteiger partial charge < -0.3 is 4.90 Å². The molecule has 1 nitrogen and oxygen atoms in total. The van der Waals surface area contributed by atoms with Gasteiger partial charge in [0.25, 0.3) is 0 Å². The van der Waals surface area contributed by atoms with Crippen LogP contribution in [0.25, 0.3) is 55.3 Å². The Kier molecular flexibility index (Phi) is 6.50. The van der Waals surface area contributed by atoms with Gasteiger partial charge in [-0.3, -0.25) is 0 Å². The van der Waals surface area contributed by atoms with Crippen molar-refractivity contribution in [2.24, 2.45) is 0 Å². The van der Waals surface area contributed by atoms with E-state index in [1.54, 1.807) is 0 Å². The van der Waals surface area contributed by atoms with Crippen LogP contribution in [0.4, 0.5) is 17.1 Å². The van der Waals surface area contributed by atoms with Crippen molar-refractivity contribution in [3.8, 4) is 44.5 Å². The molecule has 0 unspecified atom stereocenters. The molecule has 0 spiro atoms. The number of anilines is 3. The lowest BCUT2D eigenvalue weighted by atomic mass is 9.97. The fourth-order valence-corrected chi connectivity index (χ4v) is 6.06. The molecule has 0 radical (unpaired) electrons. The van der Waals surface area contributed by atoms with Gasteiger partial charge in [0, 0.05) is 17.1 Å². The minimum atomic E-state index is -0.103. The van der Waals surface area contributed by atoms with E-state index in [1.165, 1.54) is 10.8 Å². The fourth-order valence-electron chi connectivity index (χ4n) is 6.06. The number of hydrogen-bond acceptors (Lipinski definition) is 1. The summed E-state index contributed by atoms with van der Waals surface area (Å²) in [6.07, 6.45) is 0. The molecule has 0 aliphatic heterocycles. The summed E-state index contributed by atoms with van der Waals surface area (Å²) in [4.78, 5) is 1.82. The van der Waals surface area contributed by atoms with E-state index in [0.717, 1.165) is 44.8 Å². The zero-order valence-electron chi connectivity index (χ0n) is 29.7. The Labute approximate surface area is 282 Å². The van der Waals surface area contributed by atoms with E-state index in [0.29, 0.717) is 5.56 Å². The summed E-state index contributed by atoms with van der Waals surface area (Å²) >= 11 is 0. The quantitative estimate of drug-likeness (QED) is 0.175. The number of para-hydroxylation sites is 1. The lowest BCUT2D eigenvalue weighted by Gasteiger charge is -2.26. The van der Waals surface area contributed by atoms with Crippen molar-refractivity contribution in [2.75, 3.05) is 4.90 Å². The average Bonchev–Trinajstić information content (AvgIpc) is 3.20. The molecule has 0 saturated carbocycles. The van der Waals surface area contributed by atoms with Crippen molar-refractivity contribution < 1.29 is 5.48 Å². The number of benzene rings is 8. The van der Waals surface area contributed by atoms with Crippen LogP contribution in [0.1, 0.15) is 5.48 Å².